The molecule has 0 fully saturated rings. The van der Waals surface area contributed by atoms with Gasteiger partial charge in [0.15, 0.2) is 0 Å². The molecule has 0 heterocycles. The van der Waals surface area contributed by atoms with Crippen molar-refractivity contribution >= 4 is 0 Å². The minimum absolute atomic E-state index is 0.0730. The van der Waals surface area contributed by atoms with Gasteiger partial charge in [0, 0.05) is 13.6 Å². The van der Waals surface area contributed by atoms with Crippen molar-refractivity contribution in [2.45, 2.75) is 19.1 Å². The molecule has 4 nitrogen and oxygen atoms in total. The van der Waals surface area contributed by atoms with Gasteiger partial charge in [-0.1, -0.05) is 24.3 Å². The first-order valence-corrected chi connectivity index (χ1v) is 5.78. The molecular weight excluding hydrogens is 216 g/mol. The summed E-state index contributed by atoms with van der Waals surface area (Å²) in [4.78, 5) is 1.88. The van der Waals surface area contributed by atoms with Crippen LogP contribution in [0.2, 0.25) is 0 Å². The lowest BCUT2D eigenvalue weighted by atomic mass is 10.1. The molecule has 0 aliphatic heterocycles. The molecule has 0 aliphatic rings. The third kappa shape index (κ3) is 7.74. The van der Waals surface area contributed by atoms with Crippen LogP contribution in [0.15, 0.2) is 36.6 Å². The number of hydrogen-bond acceptors (Lipinski definition) is 4. The predicted octanol–water partition coefficient (Wildman–Crippen LogP) is 0.505. The normalized spacial score (nSPS) is 16.1. The molecule has 17 heavy (non-hydrogen) atoms. The summed E-state index contributed by atoms with van der Waals surface area (Å²) in [5.41, 5.74) is 0. The van der Waals surface area contributed by atoms with Crippen molar-refractivity contribution in [1.29, 1.82) is 0 Å². The lowest BCUT2D eigenvalue weighted by Crippen LogP contribution is -2.45. The van der Waals surface area contributed by atoms with E-state index in [1.165, 1.54) is 0 Å². The number of rotatable bonds is 8. The fourth-order valence-corrected chi connectivity index (χ4v) is 1.32. The van der Waals surface area contributed by atoms with E-state index >= 15 is 0 Å². The fourth-order valence-electron chi connectivity index (χ4n) is 1.32. The van der Waals surface area contributed by atoms with Crippen molar-refractivity contribution in [2.24, 2.45) is 0 Å². The molecule has 0 spiro atoms. The van der Waals surface area contributed by atoms with E-state index in [1.807, 2.05) is 55.5 Å². The highest BCUT2D eigenvalue weighted by Gasteiger charge is 2.16. The van der Waals surface area contributed by atoms with Gasteiger partial charge >= 0.3 is 0 Å². The van der Waals surface area contributed by atoms with Crippen LogP contribution in [-0.2, 0) is 0 Å². The smallest absolute Gasteiger partial charge is 0.0889 e. The quantitative estimate of drug-likeness (QED) is 0.541. The zero-order valence-corrected chi connectivity index (χ0v) is 10.9. The highest BCUT2D eigenvalue weighted by atomic mass is 16.3. The summed E-state index contributed by atoms with van der Waals surface area (Å²) >= 11 is 0. The minimum atomic E-state index is -0.598. The molecule has 0 aromatic rings. The number of likely N-dealkylation sites (N-methyl/N-ethyl adjacent to an activating group) is 2. The van der Waals surface area contributed by atoms with Gasteiger partial charge in [-0.05, 0) is 26.2 Å². The molecule has 0 saturated carbocycles. The Kier molecular flexibility index (Phi) is 9.43. The predicted molar refractivity (Wildman–Crippen MR) is 71.7 cm³/mol. The van der Waals surface area contributed by atoms with E-state index in [2.05, 4.69) is 5.32 Å². The van der Waals surface area contributed by atoms with Gasteiger partial charge in [-0.2, -0.15) is 0 Å². The molecule has 98 valence electrons. The largest absolute Gasteiger partial charge is 0.395 e. The number of nitrogens with one attached hydrogen (secondary N) is 1. The molecule has 0 amide bonds. The van der Waals surface area contributed by atoms with Crippen LogP contribution in [0.3, 0.4) is 0 Å². The van der Waals surface area contributed by atoms with E-state index in [1.54, 1.807) is 7.05 Å². The summed E-state index contributed by atoms with van der Waals surface area (Å²) in [5, 5.41) is 21.7. The second-order valence-corrected chi connectivity index (χ2v) is 3.84. The van der Waals surface area contributed by atoms with Crippen LogP contribution in [0.1, 0.15) is 6.92 Å². The third-order valence-electron chi connectivity index (χ3n) is 2.37. The van der Waals surface area contributed by atoms with Crippen molar-refractivity contribution in [3.63, 3.8) is 0 Å². The zero-order valence-electron chi connectivity index (χ0n) is 10.9. The Hall–Kier alpha value is -1.10. The first kappa shape index (κ1) is 15.9. The van der Waals surface area contributed by atoms with Crippen LogP contribution in [0.25, 0.3) is 0 Å². The molecule has 0 aliphatic carbocycles. The molecule has 2 atom stereocenters. The van der Waals surface area contributed by atoms with E-state index < -0.39 is 6.10 Å². The summed E-state index contributed by atoms with van der Waals surface area (Å²) in [6.45, 7) is 2.36. The zero-order chi connectivity index (χ0) is 13.1. The summed E-state index contributed by atoms with van der Waals surface area (Å²) in [6.07, 6.45) is 10.9. The summed E-state index contributed by atoms with van der Waals surface area (Å²) in [6, 6.07) is -0.288. The van der Waals surface area contributed by atoms with Crippen LogP contribution >= 0.6 is 0 Å². The highest BCUT2D eigenvalue weighted by molar-refractivity contribution is 5.10. The molecule has 0 rings (SSSR count). The molecule has 2 unspecified atom stereocenters. The molecule has 0 aromatic carbocycles. The van der Waals surface area contributed by atoms with Crippen molar-refractivity contribution in [1.82, 2.24) is 10.2 Å². The molecular formula is C13H24N2O2. The van der Waals surface area contributed by atoms with Gasteiger partial charge in [0.05, 0.1) is 18.8 Å². The average molecular weight is 240 g/mol. The molecule has 0 aromatic heterocycles. The maximum absolute atomic E-state index is 9.79. The van der Waals surface area contributed by atoms with Gasteiger partial charge in [0.2, 0.25) is 0 Å². The number of hydrogen-bond donors (Lipinski definition) is 3. The fraction of sp³-hybridized carbons (Fsp3) is 0.538. The molecule has 0 saturated heterocycles. The Morgan fingerprint density at radius 1 is 1.24 bits per heavy atom. The SMILES string of the molecule is C\C=C/C=C\C=C/N(C)CC(O)C(CO)NC. The Bertz CT molecular complexity index is 258. The number of aliphatic hydroxyl groups is 2. The first-order chi connectivity index (χ1) is 8.15. The van der Waals surface area contributed by atoms with E-state index in [9.17, 15) is 5.11 Å². The van der Waals surface area contributed by atoms with Crippen LogP contribution in [0, 0.1) is 0 Å². The lowest BCUT2D eigenvalue weighted by Gasteiger charge is -2.24. The van der Waals surface area contributed by atoms with Crippen LogP contribution in [0.4, 0.5) is 0 Å². The van der Waals surface area contributed by atoms with E-state index in [4.69, 9.17) is 5.11 Å². The molecule has 0 bridgehead atoms. The monoisotopic (exact) mass is 240 g/mol. The first-order valence-electron chi connectivity index (χ1n) is 5.78. The van der Waals surface area contributed by atoms with Gasteiger partial charge in [-0.15, -0.1) is 0 Å². The molecule has 4 heteroatoms. The summed E-state index contributed by atoms with van der Waals surface area (Å²) in [5.74, 6) is 0. The third-order valence-corrected chi connectivity index (χ3v) is 2.37. The van der Waals surface area contributed by atoms with E-state index in [0.29, 0.717) is 6.54 Å². The maximum atomic E-state index is 9.79. The second kappa shape index (κ2) is 10.1. The van der Waals surface area contributed by atoms with Crippen molar-refractivity contribution in [3.05, 3.63) is 36.6 Å². The lowest BCUT2D eigenvalue weighted by molar-refractivity contribution is 0.0761. The van der Waals surface area contributed by atoms with Gasteiger partial charge < -0.3 is 20.4 Å². The van der Waals surface area contributed by atoms with Gasteiger partial charge in [0.25, 0.3) is 0 Å². The van der Waals surface area contributed by atoms with Crippen LogP contribution in [-0.4, -0.2) is 54.5 Å². The molecule has 0 radical (unpaired) electrons. The van der Waals surface area contributed by atoms with E-state index in [0.717, 1.165) is 0 Å². The minimum Gasteiger partial charge on any atom is -0.395 e. The Morgan fingerprint density at radius 3 is 2.41 bits per heavy atom. The summed E-state index contributed by atoms with van der Waals surface area (Å²) < 4.78 is 0. The van der Waals surface area contributed by atoms with Crippen molar-refractivity contribution in [2.75, 3.05) is 27.2 Å². The van der Waals surface area contributed by atoms with Crippen molar-refractivity contribution < 1.29 is 10.2 Å². The van der Waals surface area contributed by atoms with Gasteiger partial charge in [-0.25, -0.2) is 0 Å². The Morgan fingerprint density at radius 2 is 1.88 bits per heavy atom. The summed E-state index contributed by atoms with van der Waals surface area (Å²) in [7, 11) is 3.60. The Balaban J connectivity index is 4.03. The van der Waals surface area contributed by atoms with Gasteiger partial charge in [-0.3, -0.25) is 0 Å². The number of allylic oxidation sites excluding steroid dienone is 5. The Labute approximate surface area is 104 Å². The van der Waals surface area contributed by atoms with Crippen LogP contribution < -0.4 is 5.32 Å². The highest BCUT2D eigenvalue weighted by Crippen LogP contribution is 1.96. The maximum Gasteiger partial charge on any atom is 0.0889 e. The average Bonchev–Trinajstić information content (AvgIpc) is 2.30. The van der Waals surface area contributed by atoms with Crippen molar-refractivity contribution in [3.8, 4) is 0 Å². The van der Waals surface area contributed by atoms with E-state index in [-0.39, 0.29) is 12.6 Å². The second-order valence-electron chi connectivity index (χ2n) is 3.84. The molecule has 3 N–H and O–H groups in total. The van der Waals surface area contributed by atoms with Gasteiger partial charge in [0.1, 0.15) is 0 Å². The number of nitrogens with zero attached hydrogens (tertiary/aromatic N) is 1. The standard InChI is InChI=1S/C13H24N2O2/c1-4-5-6-7-8-9-15(3)10-13(17)12(11-16)14-2/h4-9,12-14,16-17H,10-11H2,1-3H3/b5-4-,7-6-,9-8-. The number of aliphatic hydroxyl groups excluding tert-OH is 2. The van der Waals surface area contributed by atoms with Crippen LogP contribution in [0.5, 0.6) is 0 Å². The topological polar surface area (TPSA) is 55.7 Å².